The molecule has 1 aliphatic rings. The number of nitrogens with one attached hydrogen (secondary N) is 3. The molecule has 1 aromatic carbocycles. The summed E-state index contributed by atoms with van der Waals surface area (Å²) < 4.78 is 2.07. The van der Waals surface area contributed by atoms with Crippen molar-refractivity contribution in [2.24, 2.45) is 0 Å². The standard InChI is InChI=1S/C28H34N8O/c1-18(2)36-17-31-25-26(30-16-20-9-14-24(29-15-20)21-7-5-4-6-8-21)34-28(35-27(25)36)33-23-12-10-22(11-13-23)32-19(3)37/h4-9,14-15,17-18,22-23H,10-13,16H2,1-3H3,(H,32,37)(H2,30,33,34,35). The molecule has 5 rings (SSSR count). The van der Waals surface area contributed by atoms with Gasteiger partial charge in [0.25, 0.3) is 0 Å². The van der Waals surface area contributed by atoms with Gasteiger partial charge in [0, 0.05) is 43.4 Å². The number of amides is 1. The van der Waals surface area contributed by atoms with Gasteiger partial charge in [0.1, 0.15) is 0 Å². The maximum Gasteiger partial charge on any atom is 0.227 e. The first-order chi connectivity index (χ1) is 18.0. The zero-order valence-corrected chi connectivity index (χ0v) is 21.6. The van der Waals surface area contributed by atoms with Gasteiger partial charge in [-0.1, -0.05) is 36.4 Å². The van der Waals surface area contributed by atoms with E-state index < -0.39 is 0 Å². The number of hydrogen-bond acceptors (Lipinski definition) is 7. The summed E-state index contributed by atoms with van der Waals surface area (Å²) in [7, 11) is 0. The molecule has 4 aromatic rings. The number of imidazole rings is 1. The zero-order valence-electron chi connectivity index (χ0n) is 21.6. The summed E-state index contributed by atoms with van der Waals surface area (Å²) >= 11 is 0. The van der Waals surface area contributed by atoms with Crippen molar-refractivity contribution in [2.75, 3.05) is 10.6 Å². The van der Waals surface area contributed by atoms with Gasteiger partial charge in [0.2, 0.25) is 11.9 Å². The Balaban J connectivity index is 1.32. The molecule has 3 aromatic heterocycles. The van der Waals surface area contributed by atoms with E-state index in [0.717, 1.165) is 53.7 Å². The van der Waals surface area contributed by atoms with Crippen LogP contribution >= 0.6 is 0 Å². The van der Waals surface area contributed by atoms with Crippen molar-refractivity contribution in [3.8, 4) is 11.3 Å². The Bertz CT molecular complexity index is 1340. The zero-order chi connectivity index (χ0) is 25.8. The van der Waals surface area contributed by atoms with Gasteiger partial charge in [-0.3, -0.25) is 9.78 Å². The molecule has 3 heterocycles. The third-order valence-corrected chi connectivity index (χ3v) is 6.80. The lowest BCUT2D eigenvalue weighted by molar-refractivity contribution is -0.119. The molecular weight excluding hydrogens is 464 g/mol. The fraction of sp³-hybridized carbons (Fsp3) is 0.393. The van der Waals surface area contributed by atoms with Crippen molar-refractivity contribution in [3.63, 3.8) is 0 Å². The average Bonchev–Trinajstić information content (AvgIpc) is 3.33. The molecule has 0 atom stereocenters. The molecule has 3 N–H and O–H groups in total. The summed E-state index contributed by atoms with van der Waals surface area (Å²) in [6.45, 7) is 6.39. The Morgan fingerprint density at radius 2 is 1.76 bits per heavy atom. The van der Waals surface area contributed by atoms with E-state index in [1.165, 1.54) is 0 Å². The second-order valence-corrected chi connectivity index (χ2v) is 9.98. The SMILES string of the molecule is CC(=O)NC1CCC(Nc2nc(NCc3ccc(-c4ccccc4)nc3)c3ncn(C(C)C)c3n2)CC1. The quantitative estimate of drug-likeness (QED) is 0.316. The van der Waals surface area contributed by atoms with Crippen LogP contribution in [-0.4, -0.2) is 42.5 Å². The number of fused-ring (bicyclic) bond motifs is 1. The van der Waals surface area contributed by atoms with E-state index in [1.54, 1.807) is 6.92 Å². The molecule has 0 radical (unpaired) electrons. The van der Waals surface area contributed by atoms with Gasteiger partial charge >= 0.3 is 0 Å². The highest BCUT2D eigenvalue weighted by Gasteiger charge is 2.23. The molecule has 0 saturated heterocycles. The van der Waals surface area contributed by atoms with E-state index in [0.29, 0.717) is 18.3 Å². The van der Waals surface area contributed by atoms with Crippen LogP contribution in [0.5, 0.6) is 0 Å². The second-order valence-electron chi connectivity index (χ2n) is 9.98. The molecule has 0 bridgehead atoms. The number of aromatic nitrogens is 5. The normalized spacial score (nSPS) is 17.6. The Kier molecular flexibility index (Phi) is 7.30. The molecule has 0 spiro atoms. The fourth-order valence-electron chi connectivity index (χ4n) is 4.83. The minimum Gasteiger partial charge on any atom is -0.364 e. The average molecular weight is 499 g/mol. The Hall–Kier alpha value is -4.01. The molecule has 0 aliphatic heterocycles. The van der Waals surface area contributed by atoms with Crippen LogP contribution in [0.25, 0.3) is 22.4 Å². The number of benzene rings is 1. The number of anilines is 2. The van der Waals surface area contributed by atoms with Crippen LogP contribution in [-0.2, 0) is 11.3 Å². The number of hydrogen-bond donors (Lipinski definition) is 3. The molecule has 0 unspecified atom stereocenters. The van der Waals surface area contributed by atoms with Crippen LogP contribution < -0.4 is 16.0 Å². The summed E-state index contributed by atoms with van der Waals surface area (Å²) in [6.07, 6.45) is 7.53. The van der Waals surface area contributed by atoms with Gasteiger partial charge < -0.3 is 20.5 Å². The van der Waals surface area contributed by atoms with Crippen molar-refractivity contribution in [2.45, 2.75) is 71.1 Å². The Labute approximate surface area is 217 Å². The summed E-state index contributed by atoms with van der Waals surface area (Å²) in [4.78, 5) is 30.3. The van der Waals surface area contributed by atoms with E-state index >= 15 is 0 Å². The molecule has 9 heteroatoms. The lowest BCUT2D eigenvalue weighted by atomic mass is 9.91. The lowest BCUT2D eigenvalue weighted by Crippen LogP contribution is -2.39. The van der Waals surface area contributed by atoms with E-state index in [-0.39, 0.29) is 24.0 Å². The number of carbonyl (C=O) groups excluding carboxylic acids is 1. The highest BCUT2D eigenvalue weighted by atomic mass is 16.1. The van der Waals surface area contributed by atoms with Crippen LogP contribution in [0, 0.1) is 0 Å². The summed E-state index contributed by atoms with van der Waals surface area (Å²) in [5.74, 6) is 1.33. The molecule has 1 amide bonds. The van der Waals surface area contributed by atoms with Crippen LogP contribution in [0.4, 0.5) is 11.8 Å². The molecular formula is C28H34N8O. The van der Waals surface area contributed by atoms with Crippen molar-refractivity contribution in [3.05, 3.63) is 60.6 Å². The van der Waals surface area contributed by atoms with Crippen molar-refractivity contribution >= 4 is 28.8 Å². The molecule has 1 fully saturated rings. The predicted molar refractivity (Wildman–Crippen MR) is 146 cm³/mol. The predicted octanol–water partition coefficient (Wildman–Crippen LogP) is 4.94. The molecule has 1 saturated carbocycles. The Morgan fingerprint density at radius 1 is 1.00 bits per heavy atom. The summed E-state index contributed by atoms with van der Waals surface area (Å²) in [5.41, 5.74) is 4.66. The van der Waals surface area contributed by atoms with Gasteiger partial charge in [-0.15, -0.1) is 0 Å². The highest BCUT2D eigenvalue weighted by Crippen LogP contribution is 2.26. The van der Waals surface area contributed by atoms with Gasteiger partial charge in [0.15, 0.2) is 17.0 Å². The van der Waals surface area contributed by atoms with E-state index in [4.69, 9.17) is 9.97 Å². The summed E-state index contributed by atoms with van der Waals surface area (Å²) in [5, 5.41) is 10.0. The second kappa shape index (κ2) is 10.9. The third-order valence-electron chi connectivity index (χ3n) is 6.80. The van der Waals surface area contributed by atoms with Gasteiger partial charge in [-0.05, 0) is 51.2 Å². The van der Waals surface area contributed by atoms with Gasteiger partial charge in [-0.25, -0.2) is 4.98 Å². The summed E-state index contributed by atoms with van der Waals surface area (Å²) in [6, 6.07) is 15.0. The van der Waals surface area contributed by atoms with Crippen LogP contribution in [0.3, 0.4) is 0 Å². The maximum absolute atomic E-state index is 11.4. The first kappa shape index (κ1) is 24.7. The topological polar surface area (TPSA) is 110 Å². The van der Waals surface area contributed by atoms with Gasteiger partial charge in [0.05, 0.1) is 12.0 Å². The first-order valence-electron chi connectivity index (χ1n) is 13.0. The van der Waals surface area contributed by atoms with Crippen molar-refractivity contribution < 1.29 is 4.79 Å². The fourth-order valence-corrected chi connectivity index (χ4v) is 4.83. The minimum atomic E-state index is 0.0350. The van der Waals surface area contributed by atoms with Crippen LogP contribution in [0.2, 0.25) is 0 Å². The smallest absolute Gasteiger partial charge is 0.227 e. The number of carbonyl (C=O) groups is 1. The van der Waals surface area contributed by atoms with Crippen LogP contribution in [0.15, 0.2) is 55.0 Å². The highest BCUT2D eigenvalue weighted by molar-refractivity contribution is 5.84. The minimum absolute atomic E-state index is 0.0350. The molecule has 192 valence electrons. The number of nitrogens with zero attached hydrogens (tertiary/aromatic N) is 5. The van der Waals surface area contributed by atoms with E-state index in [1.807, 2.05) is 36.8 Å². The Morgan fingerprint density at radius 3 is 2.43 bits per heavy atom. The van der Waals surface area contributed by atoms with Gasteiger partial charge in [-0.2, -0.15) is 9.97 Å². The largest absolute Gasteiger partial charge is 0.364 e. The molecule has 37 heavy (non-hydrogen) atoms. The van der Waals surface area contributed by atoms with E-state index in [2.05, 4.69) is 62.5 Å². The number of pyridine rings is 1. The van der Waals surface area contributed by atoms with Crippen molar-refractivity contribution in [1.82, 2.24) is 29.8 Å². The number of rotatable bonds is 8. The maximum atomic E-state index is 11.4. The van der Waals surface area contributed by atoms with E-state index in [9.17, 15) is 4.79 Å². The first-order valence-corrected chi connectivity index (χ1v) is 13.0. The monoisotopic (exact) mass is 498 g/mol. The molecule has 9 nitrogen and oxygen atoms in total. The lowest BCUT2D eigenvalue weighted by Gasteiger charge is -2.29. The third kappa shape index (κ3) is 5.87. The molecule has 1 aliphatic carbocycles. The van der Waals surface area contributed by atoms with Crippen LogP contribution in [0.1, 0.15) is 58.1 Å². The van der Waals surface area contributed by atoms with Crippen molar-refractivity contribution in [1.29, 1.82) is 0 Å².